The van der Waals surface area contributed by atoms with Crippen LogP contribution in [-0.2, 0) is 0 Å². The van der Waals surface area contributed by atoms with Crippen molar-refractivity contribution in [3.63, 3.8) is 0 Å². The van der Waals surface area contributed by atoms with Crippen LogP contribution in [0.2, 0.25) is 0 Å². The Labute approximate surface area is 127 Å². The Morgan fingerprint density at radius 2 is 2.35 bits per heavy atom. The lowest BCUT2D eigenvalue weighted by atomic mass is 10.2. The Morgan fingerprint density at radius 3 is 3.05 bits per heavy atom. The predicted molar refractivity (Wildman–Crippen MR) is 84.9 cm³/mol. The first-order chi connectivity index (χ1) is 9.60. The van der Waals surface area contributed by atoms with Gasteiger partial charge in [-0.3, -0.25) is 4.90 Å². The van der Waals surface area contributed by atoms with Crippen LogP contribution in [0, 0.1) is 0 Å². The second-order valence-corrected chi connectivity index (χ2v) is 5.72. The van der Waals surface area contributed by atoms with E-state index in [1.807, 2.05) is 42.3 Å². The molecule has 0 bridgehead atoms. The van der Waals surface area contributed by atoms with Crippen molar-refractivity contribution in [2.24, 2.45) is 0 Å². The molecule has 1 aliphatic rings. The third-order valence-corrected chi connectivity index (χ3v) is 3.86. The molecule has 1 fully saturated rings. The molecule has 20 heavy (non-hydrogen) atoms. The summed E-state index contributed by atoms with van der Waals surface area (Å²) in [7, 11) is 2.04. The fourth-order valence-corrected chi connectivity index (χ4v) is 2.57. The van der Waals surface area contributed by atoms with Gasteiger partial charge in [-0.05, 0) is 31.3 Å². The van der Waals surface area contributed by atoms with Crippen LogP contribution in [0.4, 0.5) is 10.5 Å². The van der Waals surface area contributed by atoms with Gasteiger partial charge in [-0.25, -0.2) is 4.79 Å². The normalized spacial score (nSPS) is 19.3. The number of benzene rings is 1. The SMILES string of the molecule is C=C=CC1CN(C(=O)Nc2cccc(Br)c2)CCN1C. The largest absolute Gasteiger partial charge is 0.321 e. The van der Waals surface area contributed by atoms with E-state index in [0.717, 1.165) is 23.2 Å². The molecule has 0 aliphatic carbocycles. The average Bonchev–Trinajstić information content (AvgIpc) is 2.41. The lowest BCUT2D eigenvalue weighted by Crippen LogP contribution is -2.53. The highest BCUT2D eigenvalue weighted by Gasteiger charge is 2.25. The van der Waals surface area contributed by atoms with Gasteiger partial charge < -0.3 is 10.2 Å². The molecule has 2 rings (SSSR count). The van der Waals surface area contributed by atoms with E-state index in [4.69, 9.17) is 0 Å². The monoisotopic (exact) mass is 335 g/mol. The summed E-state index contributed by atoms with van der Waals surface area (Å²) in [6, 6.07) is 7.69. The van der Waals surface area contributed by atoms with Crippen LogP contribution in [0.1, 0.15) is 0 Å². The van der Waals surface area contributed by atoms with E-state index >= 15 is 0 Å². The smallest absolute Gasteiger partial charge is 0.321 e. The van der Waals surface area contributed by atoms with E-state index in [-0.39, 0.29) is 12.1 Å². The number of rotatable bonds is 2. The van der Waals surface area contributed by atoms with Crippen molar-refractivity contribution < 1.29 is 4.79 Å². The van der Waals surface area contributed by atoms with E-state index in [1.165, 1.54) is 0 Å². The van der Waals surface area contributed by atoms with Gasteiger partial charge in [0.25, 0.3) is 0 Å². The summed E-state index contributed by atoms with van der Waals surface area (Å²) in [5.41, 5.74) is 3.59. The molecule has 1 aliphatic heterocycles. The van der Waals surface area contributed by atoms with Gasteiger partial charge >= 0.3 is 6.03 Å². The molecule has 0 saturated carbocycles. The first-order valence-electron chi connectivity index (χ1n) is 6.48. The summed E-state index contributed by atoms with van der Waals surface area (Å²) < 4.78 is 0.946. The zero-order valence-electron chi connectivity index (χ0n) is 11.5. The van der Waals surface area contributed by atoms with E-state index in [9.17, 15) is 4.79 Å². The second kappa shape index (κ2) is 6.75. The van der Waals surface area contributed by atoms with E-state index in [0.29, 0.717) is 6.54 Å². The number of amides is 2. The third kappa shape index (κ3) is 3.73. The van der Waals surface area contributed by atoms with Crippen molar-refractivity contribution in [3.05, 3.63) is 47.1 Å². The summed E-state index contributed by atoms with van der Waals surface area (Å²) in [5.74, 6) is 0. The summed E-state index contributed by atoms with van der Waals surface area (Å²) in [5, 5.41) is 2.92. The standard InChI is InChI=1S/C15H18BrN3O/c1-3-5-14-11-19(9-8-18(14)2)15(20)17-13-7-4-6-12(16)10-13/h4-7,10,14H,1,8-9,11H2,2H3,(H,17,20). The van der Waals surface area contributed by atoms with Gasteiger partial charge in [0, 0.05) is 29.8 Å². The number of anilines is 1. The number of nitrogens with zero attached hydrogens (tertiary/aromatic N) is 2. The second-order valence-electron chi connectivity index (χ2n) is 4.81. The summed E-state index contributed by atoms with van der Waals surface area (Å²) >= 11 is 3.39. The highest BCUT2D eigenvalue weighted by molar-refractivity contribution is 9.10. The summed E-state index contributed by atoms with van der Waals surface area (Å²) in [6.45, 7) is 5.82. The molecular weight excluding hydrogens is 318 g/mol. The van der Waals surface area contributed by atoms with Gasteiger partial charge in [0.2, 0.25) is 0 Å². The molecule has 0 aromatic heterocycles. The number of hydrogen-bond donors (Lipinski definition) is 1. The Kier molecular flexibility index (Phi) is 5.01. The van der Waals surface area contributed by atoms with Crippen molar-refractivity contribution in [3.8, 4) is 0 Å². The van der Waals surface area contributed by atoms with E-state index in [1.54, 1.807) is 0 Å². The topological polar surface area (TPSA) is 35.6 Å². The number of urea groups is 1. The Bertz CT molecular complexity index is 540. The van der Waals surface area contributed by atoms with E-state index < -0.39 is 0 Å². The number of carbonyl (C=O) groups excluding carboxylic acids is 1. The van der Waals surface area contributed by atoms with Gasteiger partial charge in [0.05, 0.1) is 6.04 Å². The Hall–Kier alpha value is -1.55. The van der Waals surface area contributed by atoms with Crippen LogP contribution >= 0.6 is 15.9 Å². The number of nitrogens with one attached hydrogen (secondary N) is 1. The predicted octanol–water partition coefficient (Wildman–Crippen LogP) is 2.94. The maximum absolute atomic E-state index is 12.3. The zero-order chi connectivity index (χ0) is 14.5. The highest BCUT2D eigenvalue weighted by atomic mass is 79.9. The zero-order valence-corrected chi connectivity index (χ0v) is 13.1. The third-order valence-electron chi connectivity index (χ3n) is 3.37. The molecular formula is C15H18BrN3O. The highest BCUT2D eigenvalue weighted by Crippen LogP contribution is 2.17. The molecule has 5 heteroatoms. The number of likely N-dealkylation sites (N-methyl/N-ethyl adjacent to an activating group) is 1. The number of halogens is 1. The molecule has 1 aromatic carbocycles. The molecule has 0 spiro atoms. The first-order valence-corrected chi connectivity index (χ1v) is 7.27. The average molecular weight is 336 g/mol. The molecule has 0 radical (unpaired) electrons. The lowest BCUT2D eigenvalue weighted by Gasteiger charge is -2.37. The number of carbonyl (C=O) groups is 1. The van der Waals surface area contributed by atoms with Crippen molar-refractivity contribution >= 4 is 27.6 Å². The van der Waals surface area contributed by atoms with Crippen molar-refractivity contribution in [1.82, 2.24) is 9.80 Å². The molecule has 1 atom stereocenters. The minimum absolute atomic E-state index is 0.0707. The van der Waals surface area contributed by atoms with Crippen LogP contribution in [0.25, 0.3) is 0 Å². The van der Waals surface area contributed by atoms with Crippen LogP contribution in [-0.4, -0.2) is 48.6 Å². The molecule has 1 N–H and O–H groups in total. The summed E-state index contributed by atoms with van der Waals surface area (Å²) in [4.78, 5) is 16.3. The van der Waals surface area contributed by atoms with Crippen molar-refractivity contribution in [1.29, 1.82) is 0 Å². The quantitative estimate of drug-likeness (QED) is 0.843. The fourth-order valence-electron chi connectivity index (χ4n) is 2.17. The Morgan fingerprint density at radius 1 is 1.55 bits per heavy atom. The number of piperazine rings is 1. The van der Waals surface area contributed by atoms with Gasteiger partial charge in [-0.15, -0.1) is 5.73 Å². The lowest BCUT2D eigenvalue weighted by molar-refractivity contribution is 0.137. The molecule has 1 saturated heterocycles. The van der Waals surface area contributed by atoms with Crippen LogP contribution < -0.4 is 5.32 Å². The van der Waals surface area contributed by atoms with Crippen LogP contribution in [0.15, 0.2) is 47.1 Å². The van der Waals surface area contributed by atoms with Crippen LogP contribution in [0.3, 0.4) is 0 Å². The molecule has 4 nitrogen and oxygen atoms in total. The van der Waals surface area contributed by atoms with Gasteiger partial charge in [0.1, 0.15) is 0 Å². The molecule has 106 valence electrons. The minimum Gasteiger partial charge on any atom is -0.321 e. The summed E-state index contributed by atoms with van der Waals surface area (Å²) in [6.07, 6.45) is 1.90. The van der Waals surface area contributed by atoms with Crippen molar-refractivity contribution in [2.75, 3.05) is 32.0 Å². The fraction of sp³-hybridized carbons (Fsp3) is 0.333. The van der Waals surface area contributed by atoms with Crippen molar-refractivity contribution in [2.45, 2.75) is 6.04 Å². The maximum Gasteiger partial charge on any atom is 0.321 e. The first kappa shape index (κ1) is 14.9. The van der Waals surface area contributed by atoms with E-state index in [2.05, 4.69) is 38.5 Å². The van der Waals surface area contributed by atoms with Crippen LogP contribution in [0.5, 0.6) is 0 Å². The molecule has 1 aromatic rings. The molecule has 2 amide bonds. The number of hydrogen-bond acceptors (Lipinski definition) is 2. The maximum atomic E-state index is 12.3. The van der Waals surface area contributed by atoms with Gasteiger partial charge in [0.15, 0.2) is 0 Å². The minimum atomic E-state index is -0.0707. The molecule has 1 unspecified atom stereocenters. The van der Waals surface area contributed by atoms with Gasteiger partial charge in [-0.1, -0.05) is 28.6 Å². The van der Waals surface area contributed by atoms with Gasteiger partial charge in [-0.2, -0.15) is 0 Å². The Balaban J connectivity index is 2.00. The molecule has 1 heterocycles.